The topological polar surface area (TPSA) is 30.5 Å². The largest absolute Gasteiger partial charge is 0.491 e. The number of rotatable bonds is 8. The Morgan fingerprint density at radius 3 is 2.92 bits per heavy atom. The van der Waals surface area contributed by atoms with Gasteiger partial charge in [0.15, 0.2) is 0 Å². The molecule has 1 N–H and O–H groups in total. The Balaban J connectivity index is 1.42. The van der Waals surface area contributed by atoms with Gasteiger partial charge in [0.25, 0.3) is 0 Å². The lowest BCUT2D eigenvalue weighted by Crippen LogP contribution is -2.18. The Kier molecular flexibility index (Phi) is 6.27. The zero-order valence-corrected chi connectivity index (χ0v) is 14.5. The Morgan fingerprint density at radius 1 is 1.17 bits per heavy atom. The van der Waals surface area contributed by atoms with E-state index in [9.17, 15) is 0 Å². The van der Waals surface area contributed by atoms with Crippen molar-refractivity contribution < 1.29 is 9.47 Å². The van der Waals surface area contributed by atoms with E-state index in [0.717, 1.165) is 44.7 Å². The van der Waals surface area contributed by atoms with Gasteiger partial charge in [0.05, 0.1) is 6.10 Å². The van der Waals surface area contributed by atoms with Crippen molar-refractivity contribution >= 4 is 0 Å². The summed E-state index contributed by atoms with van der Waals surface area (Å²) in [6.45, 7) is 5.54. The number of aryl methyl sites for hydroxylation is 1. The summed E-state index contributed by atoms with van der Waals surface area (Å²) in [6, 6.07) is 16.9. The van der Waals surface area contributed by atoms with Crippen LogP contribution in [0.3, 0.4) is 0 Å². The number of hydrogen-bond donors (Lipinski definition) is 1. The normalized spacial score (nSPS) is 17.1. The molecule has 3 rings (SSSR count). The first-order valence-corrected chi connectivity index (χ1v) is 8.90. The summed E-state index contributed by atoms with van der Waals surface area (Å²) in [5, 5.41) is 3.52. The Hall–Kier alpha value is -1.84. The average Bonchev–Trinajstić information content (AvgIpc) is 3.12. The van der Waals surface area contributed by atoms with Crippen LogP contribution in [0.5, 0.6) is 5.75 Å². The van der Waals surface area contributed by atoms with Crippen molar-refractivity contribution in [3.8, 4) is 5.75 Å². The van der Waals surface area contributed by atoms with Crippen LogP contribution in [0.15, 0.2) is 48.5 Å². The molecule has 2 aromatic rings. The van der Waals surface area contributed by atoms with Crippen LogP contribution < -0.4 is 10.1 Å². The van der Waals surface area contributed by atoms with E-state index in [4.69, 9.17) is 9.47 Å². The van der Waals surface area contributed by atoms with Gasteiger partial charge in [-0.05, 0) is 61.6 Å². The highest BCUT2D eigenvalue weighted by molar-refractivity contribution is 5.29. The summed E-state index contributed by atoms with van der Waals surface area (Å²) in [5.74, 6) is 0.934. The number of nitrogens with one attached hydrogen (secondary N) is 1. The van der Waals surface area contributed by atoms with Crippen molar-refractivity contribution in [2.24, 2.45) is 0 Å². The van der Waals surface area contributed by atoms with Gasteiger partial charge in [-0.2, -0.15) is 0 Å². The van der Waals surface area contributed by atoms with Gasteiger partial charge in [-0.15, -0.1) is 0 Å². The minimum Gasteiger partial charge on any atom is -0.491 e. The van der Waals surface area contributed by atoms with Crippen LogP contribution in [0.25, 0.3) is 0 Å². The van der Waals surface area contributed by atoms with Crippen molar-refractivity contribution in [3.63, 3.8) is 0 Å². The molecule has 3 nitrogen and oxygen atoms in total. The van der Waals surface area contributed by atoms with Gasteiger partial charge in [0, 0.05) is 13.2 Å². The van der Waals surface area contributed by atoms with Gasteiger partial charge in [-0.25, -0.2) is 0 Å². The fourth-order valence-electron chi connectivity index (χ4n) is 3.06. The van der Waals surface area contributed by atoms with E-state index in [-0.39, 0.29) is 6.10 Å². The Bertz CT molecular complexity index is 635. The maximum atomic E-state index is 5.87. The van der Waals surface area contributed by atoms with Crippen LogP contribution in [0.2, 0.25) is 0 Å². The summed E-state index contributed by atoms with van der Waals surface area (Å²) in [5.41, 5.74) is 4.03. The molecule has 0 aliphatic carbocycles. The van der Waals surface area contributed by atoms with Crippen LogP contribution in [0, 0.1) is 6.92 Å². The van der Waals surface area contributed by atoms with E-state index in [1.165, 1.54) is 16.7 Å². The second-order valence-corrected chi connectivity index (χ2v) is 6.45. The van der Waals surface area contributed by atoms with E-state index >= 15 is 0 Å². The maximum Gasteiger partial charge on any atom is 0.119 e. The summed E-state index contributed by atoms with van der Waals surface area (Å²) in [7, 11) is 0. The molecule has 1 saturated heterocycles. The van der Waals surface area contributed by atoms with Crippen molar-refractivity contribution in [3.05, 3.63) is 65.2 Å². The molecule has 3 heteroatoms. The zero-order valence-electron chi connectivity index (χ0n) is 14.5. The van der Waals surface area contributed by atoms with Crippen LogP contribution >= 0.6 is 0 Å². The molecular formula is C21H27NO2. The Labute approximate surface area is 145 Å². The number of ether oxygens (including phenoxy) is 2. The molecule has 0 amide bonds. The minimum absolute atomic E-state index is 0.265. The number of hydrogen-bond acceptors (Lipinski definition) is 3. The molecule has 1 aliphatic rings. The lowest BCUT2D eigenvalue weighted by Gasteiger charge is -2.12. The van der Waals surface area contributed by atoms with Gasteiger partial charge in [0.2, 0.25) is 0 Å². The third kappa shape index (κ3) is 5.08. The molecule has 128 valence electrons. The molecule has 2 aromatic carbocycles. The van der Waals surface area contributed by atoms with Crippen molar-refractivity contribution in [2.75, 3.05) is 19.8 Å². The first kappa shape index (κ1) is 17.0. The van der Waals surface area contributed by atoms with Crippen LogP contribution in [0.1, 0.15) is 29.5 Å². The van der Waals surface area contributed by atoms with Crippen LogP contribution in [-0.4, -0.2) is 25.9 Å². The summed E-state index contributed by atoms with van der Waals surface area (Å²) in [6.07, 6.45) is 3.59. The lowest BCUT2D eigenvalue weighted by atomic mass is 10.1. The van der Waals surface area contributed by atoms with Crippen LogP contribution in [0.4, 0.5) is 0 Å². The molecule has 0 saturated carbocycles. The second-order valence-electron chi connectivity index (χ2n) is 6.45. The zero-order chi connectivity index (χ0) is 16.6. The number of benzene rings is 2. The molecule has 0 radical (unpaired) electrons. The highest BCUT2D eigenvalue weighted by Crippen LogP contribution is 2.17. The van der Waals surface area contributed by atoms with E-state index < -0.39 is 0 Å². The van der Waals surface area contributed by atoms with E-state index in [0.29, 0.717) is 6.61 Å². The highest BCUT2D eigenvalue weighted by Gasteiger charge is 2.15. The van der Waals surface area contributed by atoms with E-state index in [1.54, 1.807) is 0 Å². The van der Waals surface area contributed by atoms with Gasteiger partial charge in [-0.1, -0.05) is 36.4 Å². The third-order valence-corrected chi connectivity index (χ3v) is 4.52. The molecule has 1 fully saturated rings. The molecular weight excluding hydrogens is 298 g/mol. The van der Waals surface area contributed by atoms with Gasteiger partial charge in [-0.3, -0.25) is 0 Å². The summed E-state index contributed by atoms with van der Waals surface area (Å²) < 4.78 is 11.5. The first-order valence-electron chi connectivity index (χ1n) is 8.90. The standard InChI is InChI=1S/C21H27NO2/c1-17-6-2-3-8-19(17)11-12-22-15-18-7-4-9-20(14-18)24-16-21-10-5-13-23-21/h2-4,6-9,14,21-22H,5,10-13,15-16H2,1H3. The third-order valence-electron chi connectivity index (χ3n) is 4.52. The predicted molar refractivity (Wildman–Crippen MR) is 97.5 cm³/mol. The second kappa shape index (κ2) is 8.86. The summed E-state index contributed by atoms with van der Waals surface area (Å²) >= 11 is 0. The van der Waals surface area contributed by atoms with Crippen molar-refractivity contribution in [1.29, 1.82) is 0 Å². The Morgan fingerprint density at radius 2 is 2.08 bits per heavy atom. The van der Waals surface area contributed by atoms with Gasteiger partial charge >= 0.3 is 0 Å². The molecule has 1 heterocycles. The molecule has 0 aromatic heterocycles. The quantitative estimate of drug-likeness (QED) is 0.747. The molecule has 24 heavy (non-hydrogen) atoms. The minimum atomic E-state index is 0.265. The van der Waals surface area contributed by atoms with E-state index in [1.807, 2.05) is 6.07 Å². The molecule has 1 atom stereocenters. The van der Waals surface area contributed by atoms with Gasteiger partial charge < -0.3 is 14.8 Å². The SMILES string of the molecule is Cc1ccccc1CCNCc1cccc(OCC2CCCO2)c1. The highest BCUT2D eigenvalue weighted by atomic mass is 16.5. The van der Waals surface area contributed by atoms with Crippen molar-refractivity contribution in [2.45, 2.75) is 38.8 Å². The molecule has 1 unspecified atom stereocenters. The predicted octanol–water partition coefficient (Wildman–Crippen LogP) is 3.89. The lowest BCUT2D eigenvalue weighted by molar-refractivity contribution is 0.0679. The molecule has 0 bridgehead atoms. The smallest absolute Gasteiger partial charge is 0.119 e. The fourth-order valence-corrected chi connectivity index (χ4v) is 3.06. The molecule has 0 spiro atoms. The monoisotopic (exact) mass is 325 g/mol. The van der Waals surface area contributed by atoms with Crippen molar-refractivity contribution in [1.82, 2.24) is 5.32 Å². The van der Waals surface area contributed by atoms with Gasteiger partial charge in [0.1, 0.15) is 12.4 Å². The van der Waals surface area contributed by atoms with Crippen LogP contribution in [-0.2, 0) is 17.7 Å². The van der Waals surface area contributed by atoms with E-state index in [2.05, 4.69) is 54.7 Å². The summed E-state index contributed by atoms with van der Waals surface area (Å²) in [4.78, 5) is 0. The first-order chi connectivity index (χ1) is 11.8. The fraction of sp³-hybridized carbons (Fsp3) is 0.429. The molecule has 1 aliphatic heterocycles. The average molecular weight is 325 g/mol. The maximum absolute atomic E-state index is 5.87.